The van der Waals surface area contributed by atoms with Crippen LogP contribution in [0.15, 0.2) is 60.7 Å². The highest BCUT2D eigenvalue weighted by Crippen LogP contribution is 2.45. The predicted octanol–water partition coefficient (Wildman–Crippen LogP) is 5.47. The lowest BCUT2D eigenvalue weighted by atomic mass is 9.86. The summed E-state index contributed by atoms with van der Waals surface area (Å²) in [4.78, 5) is 30.0. The number of rotatable bonds is 7. The van der Waals surface area contributed by atoms with Crippen molar-refractivity contribution in [3.8, 4) is 11.5 Å². The first-order chi connectivity index (χ1) is 19.2. The molecule has 3 aromatic carbocycles. The Bertz CT molecular complexity index is 1430. The van der Waals surface area contributed by atoms with Gasteiger partial charge in [-0.15, -0.1) is 0 Å². The maximum Gasteiger partial charge on any atom is 0.232 e. The molecule has 2 fully saturated rings. The van der Waals surface area contributed by atoms with E-state index in [0.29, 0.717) is 23.1 Å². The van der Waals surface area contributed by atoms with Crippen LogP contribution in [-0.2, 0) is 16.0 Å². The van der Waals surface area contributed by atoms with Gasteiger partial charge >= 0.3 is 0 Å². The molecule has 3 aliphatic rings. The van der Waals surface area contributed by atoms with Crippen LogP contribution in [-0.4, -0.2) is 47.7 Å². The van der Waals surface area contributed by atoms with Crippen LogP contribution in [0.1, 0.15) is 61.0 Å². The average Bonchev–Trinajstić information content (AvgIpc) is 3.77. The zero-order chi connectivity index (χ0) is 28.1. The number of nitrogens with zero attached hydrogens (tertiary/aromatic N) is 2. The number of anilines is 1. The van der Waals surface area contributed by atoms with Gasteiger partial charge in [0.05, 0.1) is 37.8 Å². The summed E-state index contributed by atoms with van der Waals surface area (Å²) in [6, 6.07) is 18.3. The Morgan fingerprint density at radius 2 is 1.68 bits per heavy atom. The second kappa shape index (κ2) is 10.5. The molecule has 8 heteroatoms. The second-order valence-corrected chi connectivity index (χ2v) is 11.6. The average molecular weight is 561 g/mol. The Kier molecular flexibility index (Phi) is 6.97. The van der Waals surface area contributed by atoms with Gasteiger partial charge in [-0.2, -0.15) is 0 Å². The van der Waals surface area contributed by atoms with E-state index in [2.05, 4.69) is 0 Å². The van der Waals surface area contributed by atoms with Crippen LogP contribution in [0.2, 0.25) is 5.02 Å². The summed E-state index contributed by atoms with van der Waals surface area (Å²) in [6.45, 7) is 4.29. The monoisotopic (exact) mass is 560 g/mol. The molecule has 1 saturated heterocycles. The summed E-state index contributed by atoms with van der Waals surface area (Å²) < 4.78 is 11.7. The minimum atomic E-state index is -0.590. The fraction of sp³-hybridized carbons (Fsp3) is 0.375. The second-order valence-electron chi connectivity index (χ2n) is 11.1. The number of carbonyl (C=O) groups is 2. The van der Waals surface area contributed by atoms with Crippen molar-refractivity contribution in [2.24, 2.45) is 5.92 Å². The van der Waals surface area contributed by atoms with Crippen LogP contribution in [0.4, 0.5) is 5.69 Å². The third-order valence-corrected chi connectivity index (χ3v) is 8.20. The molecule has 6 rings (SSSR count). The molecule has 7 nitrogen and oxygen atoms in total. The summed E-state index contributed by atoms with van der Waals surface area (Å²) in [5, 5.41) is 11.1. The number of methoxy groups -OCH3 is 1. The van der Waals surface area contributed by atoms with Gasteiger partial charge in [-0.25, -0.2) is 0 Å². The fourth-order valence-electron chi connectivity index (χ4n) is 5.84. The quantitative estimate of drug-likeness (QED) is 0.415. The molecule has 0 spiro atoms. The van der Waals surface area contributed by atoms with Crippen LogP contribution in [0.5, 0.6) is 11.5 Å². The van der Waals surface area contributed by atoms with Crippen molar-refractivity contribution >= 4 is 29.1 Å². The maximum absolute atomic E-state index is 13.8. The largest absolute Gasteiger partial charge is 0.493 e. The van der Waals surface area contributed by atoms with Gasteiger partial charge in [0.1, 0.15) is 0 Å². The van der Waals surface area contributed by atoms with E-state index < -0.39 is 12.1 Å². The van der Waals surface area contributed by atoms with E-state index in [4.69, 9.17) is 21.1 Å². The number of amides is 2. The molecule has 1 aliphatic carbocycles. The summed E-state index contributed by atoms with van der Waals surface area (Å²) in [6.07, 6.45) is 1.43. The first-order valence-corrected chi connectivity index (χ1v) is 14.2. The molecule has 2 aliphatic heterocycles. The molecule has 1 saturated carbocycles. The van der Waals surface area contributed by atoms with Crippen molar-refractivity contribution in [2.45, 2.75) is 57.4 Å². The lowest BCUT2D eigenvalue weighted by molar-refractivity contribution is -0.152. The molecule has 2 amide bonds. The van der Waals surface area contributed by atoms with Gasteiger partial charge in [0.25, 0.3) is 0 Å². The normalized spacial score (nSPS) is 22.1. The van der Waals surface area contributed by atoms with E-state index in [1.807, 2.05) is 79.4 Å². The molecular formula is C32H33ClN2O5. The van der Waals surface area contributed by atoms with Crippen molar-refractivity contribution in [1.82, 2.24) is 4.90 Å². The number of ether oxygens (including phenoxy) is 2. The first-order valence-electron chi connectivity index (χ1n) is 13.8. The van der Waals surface area contributed by atoms with Crippen molar-refractivity contribution in [1.29, 1.82) is 0 Å². The molecule has 2 unspecified atom stereocenters. The van der Waals surface area contributed by atoms with Crippen molar-refractivity contribution < 1.29 is 24.2 Å². The van der Waals surface area contributed by atoms with Gasteiger partial charge < -0.3 is 24.4 Å². The van der Waals surface area contributed by atoms with E-state index in [1.165, 1.54) is 0 Å². The molecule has 0 aromatic heterocycles. The van der Waals surface area contributed by atoms with Crippen LogP contribution in [0.3, 0.4) is 0 Å². The van der Waals surface area contributed by atoms with E-state index in [0.717, 1.165) is 40.8 Å². The highest BCUT2D eigenvalue weighted by molar-refractivity contribution is 6.30. The summed E-state index contributed by atoms with van der Waals surface area (Å²) in [5.41, 5.74) is 4.35. The highest BCUT2D eigenvalue weighted by atomic mass is 35.5. The maximum atomic E-state index is 13.8. The Labute approximate surface area is 239 Å². The number of likely N-dealkylation sites (tertiary alicyclic amines) is 1. The van der Waals surface area contributed by atoms with Crippen LogP contribution < -0.4 is 14.4 Å². The Morgan fingerprint density at radius 1 is 1.00 bits per heavy atom. The number of fused-ring (bicyclic) bond motifs is 1. The number of benzene rings is 3. The highest BCUT2D eigenvalue weighted by Gasteiger charge is 2.46. The van der Waals surface area contributed by atoms with E-state index in [-0.39, 0.29) is 36.3 Å². The van der Waals surface area contributed by atoms with Crippen LogP contribution in [0.25, 0.3) is 0 Å². The SMILES string of the molecule is COc1cc2c(cc1OC(C)C)[C@H](c1ccc(Cl)cc1)N(c1ccc(C3C(O)CN3C(=O)C3CC3)cc1)C(=O)C2. The number of hydrogen-bond donors (Lipinski definition) is 1. The molecule has 2 heterocycles. The van der Waals surface area contributed by atoms with Crippen LogP contribution in [0, 0.1) is 5.92 Å². The van der Waals surface area contributed by atoms with Gasteiger partial charge in [-0.1, -0.05) is 35.9 Å². The van der Waals surface area contributed by atoms with Crippen molar-refractivity contribution in [2.75, 3.05) is 18.6 Å². The predicted molar refractivity (Wildman–Crippen MR) is 153 cm³/mol. The fourth-order valence-corrected chi connectivity index (χ4v) is 5.97. The first kappa shape index (κ1) is 26.7. The molecule has 40 heavy (non-hydrogen) atoms. The zero-order valence-electron chi connectivity index (χ0n) is 22.8. The molecule has 0 radical (unpaired) electrons. The van der Waals surface area contributed by atoms with Crippen LogP contribution >= 0.6 is 11.6 Å². The number of hydrogen-bond acceptors (Lipinski definition) is 5. The van der Waals surface area contributed by atoms with E-state index >= 15 is 0 Å². The van der Waals surface area contributed by atoms with Gasteiger partial charge in [-0.3, -0.25) is 9.59 Å². The summed E-state index contributed by atoms with van der Waals surface area (Å²) >= 11 is 6.22. The molecule has 1 N–H and O–H groups in total. The third-order valence-electron chi connectivity index (χ3n) is 7.94. The molecule has 3 aromatic rings. The van der Waals surface area contributed by atoms with E-state index in [1.54, 1.807) is 12.0 Å². The molecular weight excluding hydrogens is 528 g/mol. The topological polar surface area (TPSA) is 79.3 Å². The number of aliphatic hydroxyl groups is 1. The smallest absolute Gasteiger partial charge is 0.232 e. The number of aliphatic hydroxyl groups excluding tert-OH is 1. The zero-order valence-corrected chi connectivity index (χ0v) is 23.6. The molecule has 3 atom stereocenters. The van der Waals surface area contributed by atoms with Gasteiger partial charge in [0.15, 0.2) is 11.5 Å². The molecule has 208 valence electrons. The number of carbonyl (C=O) groups excluding carboxylic acids is 2. The van der Waals surface area contributed by atoms with Gasteiger partial charge in [0, 0.05) is 23.2 Å². The number of β-amino-alcohol motifs (C(OH)–C–C–N with tert-alkyl or cyclic N) is 1. The van der Waals surface area contributed by atoms with Crippen molar-refractivity contribution in [3.63, 3.8) is 0 Å². The van der Waals surface area contributed by atoms with Gasteiger partial charge in [0.2, 0.25) is 11.8 Å². The summed E-state index contributed by atoms with van der Waals surface area (Å²) in [7, 11) is 1.60. The Balaban J connectivity index is 1.39. The third kappa shape index (κ3) is 4.82. The standard InChI is InChI=1S/C32H33ClN2O5/c1-18(2)40-28-16-25-22(14-27(28)39-3)15-29(37)35(30(25)19-6-10-23(33)11-7-19)24-12-8-20(9-13-24)31-26(36)17-34(31)32(38)21-4-5-21/h6-14,16,18,21,26,30-31,36H,4-5,15,17H2,1-3H3/t26?,30-,31?/m0/s1. The lowest BCUT2D eigenvalue weighted by Gasteiger charge is -2.46. The number of halogens is 1. The molecule has 0 bridgehead atoms. The van der Waals surface area contributed by atoms with E-state index in [9.17, 15) is 14.7 Å². The van der Waals surface area contributed by atoms with Gasteiger partial charge in [-0.05, 0) is 85.3 Å². The Morgan fingerprint density at radius 3 is 2.27 bits per heavy atom. The minimum absolute atomic E-state index is 0.0472. The summed E-state index contributed by atoms with van der Waals surface area (Å²) in [5.74, 6) is 1.40. The Hall–Kier alpha value is -3.55. The minimum Gasteiger partial charge on any atom is -0.493 e. The van der Waals surface area contributed by atoms with Crippen molar-refractivity contribution in [3.05, 3.63) is 87.9 Å². The lowest BCUT2D eigenvalue weighted by Crippen LogP contribution is -2.56.